The molecule has 0 aliphatic heterocycles. The Morgan fingerprint density at radius 2 is 2.00 bits per heavy atom. The number of para-hydroxylation sites is 1. The molecule has 0 unspecified atom stereocenters. The van der Waals surface area contributed by atoms with E-state index in [1.54, 1.807) is 22.5 Å². The highest BCUT2D eigenvalue weighted by Gasteiger charge is 2.15. The number of furan rings is 1. The number of rotatable bonds is 6. The minimum Gasteiger partial charge on any atom is -0.468 e. The zero-order valence-corrected chi connectivity index (χ0v) is 14.0. The number of hydrogen-bond donors (Lipinski definition) is 0. The summed E-state index contributed by atoms with van der Waals surface area (Å²) in [7, 11) is 3.72. The van der Waals surface area contributed by atoms with Gasteiger partial charge >= 0.3 is 0 Å². The van der Waals surface area contributed by atoms with Gasteiger partial charge in [0.05, 0.1) is 36.1 Å². The molecule has 5 nitrogen and oxygen atoms in total. The fourth-order valence-corrected chi connectivity index (χ4v) is 3.38. The van der Waals surface area contributed by atoms with Crippen molar-refractivity contribution in [3.63, 3.8) is 0 Å². The molecular formula is C17H19N3O2S. The second kappa shape index (κ2) is 6.93. The largest absolute Gasteiger partial charge is 0.468 e. The molecule has 23 heavy (non-hydrogen) atoms. The molecule has 1 amide bonds. The molecule has 0 atom stereocenters. The van der Waals surface area contributed by atoms with Crippen molar-refractivity contribution < 1.29 is 9.21 Å². The monoisotopic (exact) mass is 329 g/mol. The van der Waals surface area contributed by atoms with Crippen LogP contribution in [0.3, 0.4) is 0 Å². The molecule has 0 aliphatic carbocycles. The third-order valence-electron chi connectivity index (χ3n) is 3.55. The van der Waals surface area contributed by atoms with Crippen LogP contribution in [0.2, 0.25) is 0 Å². The minimum absolute atomic E-state index is 0.0679. The van der Waals surface area contributed by atoms with Crippen molar-refractivity contribution in [3.8, 4) is 0 Å². The number of hydrogen-bond acceptors (Lipinski definition) is 5. The summed E-state index contributed by atoms with van der Waals surface area (Å²) in [5.74, 6) is 0.924. The lowest BCUT2D eigenvalue weighted by Crippen LogP contribution is -2.35. The lowest BCUT2D eigenvalue weighted by atomic mass is 10.3. The number of benzene rings is 1. The van der Waals surface area contributed by atoms with Gasteiger partial charge in [0.1, 0.15) is 10.8 Å². The van der Waals surface area contributed by atoms with Gasteiger partial charge in [-0.2, -0.15) is 0 Å². The standard InChI is InChI=1S/C17H19N3O2S/c1-19(10-13-6-5-9-22-13)12-17(21)20(2)11-16-18-14-7-3-4-8-15(14)23-16/h3-9H,10-12H2,1-2H3. The summed E-state index contributed by atoms with van der Waals surface area (Å²) in [5, 5.41) is 0.954. The van der Waals surface area contributed by atoms with E-state index in [-0.39, 0.29) is 5.91 Å². The van der Waals surface area contributed by atoms with Crippen LogP contribution < -0.4 is 0 Å². The molecule has 3 aromatic rings. The summed E-state index contributed by atoms with van der Waals surface area (Å²) in [5.41, 5.74) is 0.989. The maximum Gasteiger partial charge on any atom is 0.236 e. The van der Waals surface area contributed by atoms with Gasteiger partial charge in [-0.3, -0.25) is 9.69 Å². The molecule has 0 radical (unpaired) electrons. The maximum absolute atomic E-state index is 12.3. The second-order valence-corrected chi connectivity index (χ2v) is 6.69. The topological polar surface area (TPSA) is 49.6 Å². The van der Waals surface area contributed by atoms with E-state index in [4.69, 9.17) is 4.42 Å². The van der Waals surface area contributed by atoms with E-state index in [9.17, 15) is 4.79 Å². The third-order valence-corrected chi connectivity index (χ3v) is 4.57. The van der Waals surface area contributed by atoms with Crippen molar-refractivity contribution in [1.82, 2.24) is 14.8 Å². The average Bonchev–Trinajstić information content (AvgIpc) is 3.15. The Hall–Kier alpha value is -2.18. The van der Waals surface area contributed by atoms with E-state index in [0.29, 0.717) is 19.6 Å². The molecule has 0 spiro atoms. The van der Waals surface area contributed by atoms with Crippen molar-refractivity contribution in [3.05, 3.63) is 53.4 Å². The molecule has 3 rings (SSSR count). The quantitative estimate of drug-likeness (QED) is 0.697. The SMILES string of the molecule is CN(CC(=O)N(C)Cc1nc2ccccc2s1)Cc1ccco1. The smallest absolute Gasteiger partial charge is 0.236 e. The number of carbonyl (C=O) groups excluding carboxylic acids is 1. The number of aromatic nitrogens is 1. The van der Waals surface area contributed by atoms with Crippen LogP contribution in [0.15, 0.2) is 47.1 Å². The lowest BCUT2D eigenvalue weighted by Gasteiger charge is -2.20. The number of likely N-dealkylation sites (N-methyl/N-ethyl adjacent to an activating group) is 2. The summed E-state index contributed by atoms with van der Waals surface area (Å²) in [6.07, 6.45) is 1.64. The van der Waals surface area contributed by atoms with E-state index in [1.165, 1.54) is 0 Å². The van der Waals surface area contributed by atoms with Gasteiger partial charge in [0.2, 0.25) is 5.91 Å². The van der Waals surface area contributed by atoms with Crippen LogP contribution in [0, 0.1) is 0 Å². The zero-order chi connectivity index (χ0) is 16.2. The highest BCUT2D eigenvalue weighted by molar-refractivity contribution is 7.18. The van der Waals surface area contributed by atoms with Gasteiger partial charge < -0.3 is 9.32 Å². The van der Waals surface area contributed by atoms with Gasteiger partial charge in [0.15, 0.2) is 0 Å². The molecule has 1 aromatic carbocycles. The molecule has 2 heterocycles. The average molecular weight is 329 g/mol. The summed E-state index contributed by atoms with van der Waals surface area (Å²) in [6.45, 7) is 1.50. The summed E-state index contributed by atoms with van der Waals surface area (Å²) < 4.78 is 6.45. The van der Waals surface area contributed by atoms with Crippen LogP contribution >= 0.6 is 11.3 Å². The van der Waals surface area contributed by atoms with Crippen molar-refractivity contribution >= 4 is 27.5 Å². The van der Waals surface area contributed by atoms with Gasteiger partial charge in [-0.25, -0.2) is 4.98 Å². The molecule has 0 fully saturated rings. The fourth-order valence-electron chi connectivity index (χ4n) is 2.35. The number of amides is 1. The Labute approximate surface area is 139 Å². The Morgan fingerprint density at radius 3 is 2.74 bits per heavy atom. The van der Waals surface area contributed by atoms with Crippen molar-refractivity contribution in [1.29, 1.82) is 0 Å². The number of carbonyl (C=O) groups is 1. The van der Waals surface area contributed by atoms with E-state index in [2.05, 4.69) is 11.1 Å². The summed E-state index contributed by atoms with van der Waals surface area (Å²) in [6, 6.07) is 11.8. The van der Waals surface area contributed by atoms with E-state index < -0.39 is 0 Å². The Morgan fingerprint density at radius 1 is 1.17 bits per heavy atom. The number of fused-ring (bicyclic) bond motifs is 1. The van der Waals surface area contributed by atoms with Crippen LogP contribution in [0.4, 0.5) is 0 Å². The van der Waals surface area contributed by atoms with Gasteiger partial charge in [-0.1, -0.05) is 12.1 Å². The first-order valence-corrected chi connectivity index (χ1v) is 8.23. The molecule has 6 heteroatoms. The van der Waals surface area contributed by atoms with Gasteiger partial charge in [0, 0.05) is 7.05 Å². The van der Waals surface area contributed by atoms with Crippen LogP contribution in [0.25, 0.3) is 10.2 Å². The predicted octanol–water partition coefficient (Wildman–Crippen LogP) is 2.98. The van der Waals surface area contributed by atoms with Gasteiger partial charge in [-0.15, -0.1) is 11.3 Å². The fraction of sp³-hybridized carbons (Fsp3) is 0.294. The molecule has 0 saturated heterocycles. The molecule has 0 aliphatic rings. The highest BCUT2D eigenvalue weighted by Crippen LogP contribution is 2.22. The maximum atomic E-state index is 12.3. The zero-order valence-electron chi connectivity index (χ0n) is 13.2. The second-order valence-electron chi connectivity index (χ2n) is 5.58. The number of nitrogens with zero attached hydrogens (tertiary/aromatic N) is 3. The first-order valence-electron chi connectivity index (χ1n) is 7.41. The van der Waals surface area contributed by atoms with E-state index >= 15 is 0 Å². The van der Waals surface area contributed by atoms with E-state index in [1.807, 2.05) is 49.3 Å². The minimum atomic E-state index is 0.0679. The number of thiazole rings is 1. The third kappa shape index (κ3) is 3.97. The van der Waals surface area contributed by atoms with Crippen LogP contribution in [-0.4, -0.2) is 41.3 Å². The molecule has 0 N–H and O–H groups in total. The van der Waals surface area contributed by atoms with Crippen LogP contribution in [0.1, 0.15) is 10.8 Å². The molecule has 0 bridgehead atoms. The Kier molecular flexibility index (Phi) is 4.73. The van der Waals surface area contributed by atoms with Crippen molar-refractivity contribution in [2.45, 2.75) is 13.1 Å². The highest BCUT2D eigenvalue weighted by atomic mass is 32.1. The first kappa shape index (κ1) is 15.7. The summed E-state index contributed by atoms with van der Waals surface area (Å²) in [4.78, 5) is 20.6. The molecular weight excluding hydrogens is 310 g/mol. The van der Waals surface area contributed by atoms with E-state index in [0.717, 1.165) is 21.0 Å². The molecule has 0 saturated carbocycles. The van der Waals surface area contributed by atoms with Crippen molar-refractivity contribution in [2.24, 2.45) is 0 Å². The van der Waals surface area contributed by atoms with Gasteiger partial charge in [0.25, 0.3) is 0 Å². The van der Waals surface area contributed by atoms with Crippen molar-refractivity contribution in [2.75, 3.05) is 20.6 Å². The lowest BCUT2D eigenvalue weighted by molar-refractivity contribution is -0.131. The normalized spacial score (nSPS) is 11.3. The first-order chi connectivity index (χ1) is 11.1. The Balaban J connectivity index is 1.56. The predicted molar refractivity (Wildman–Crippen MR) is 91.1 cm³/mol. The van der Waals surface area contributed by atoms with Crippen LogP contribution in [0.5, 0.6) is 0 Å². The van der Waals surface area contributed by atoms with Crippen LogP contribution in [-0.2, 0) is 17.9 Å². The van der Waals surface area contributed by atoms with Gasteiger partial charge in [-0.05, 0) is 31.3 Å². The summed E-state index contributed by atoms with van der Waals surface area (Å²) >= 11 is 1.63. The molecule has 2 aromatic heterocycles. The Bertz CT molecular complexity index is 749. The molecule has 120 valence electrons.